The molecule has 2 N–H and O–H groups in total. The van der Waals surface area contributed by atoms with E-state index >= 15 is 0 Å². The van der Waals surface area contributed by atoms with E-state index in [0.717, 1.165) is 38.2 Å². The number of amides is 1. The van der Waals surface area contributed by atoms with E-state index in [-0.39, 0.29) is 36.3 Å². The molecule has 1 aliphatic rings. The lowest BCUT2D eigenvalue weighted by Gasteiger charge is -2.26. The van der Waals surface area contributed by atoms with E-state index in [2.05, 4.69) is 22.5 Å². The molecule has 1 aliphatic heterocycles. The Hall–Kier alpha value is -0.780. The van der Waals surface area contributed by atoms with Gasteiger partial charge in [0.2, 0.25) is 5.91 Å². The predicted molar refractivity (Wildman–Crippen MR) is 84.7 cm³/mol. The van der Waals surface area contributed by atoms with Gasteiger partial charge in [0.25, 0.3) is 0 Å². The summed E-state index contributed by atoms with van der Waals surface area (Å²) in [4.78, 5) is 16.4. The minimum atomic E-state index is -0.329. The largest absolute Gasteiger partial charge is 0.353 e. The summed E-state index contributed by atoms with van der Waals surface area (Å²) in [6.07, 6.45) is 6.60. The fourth-order valence-electron chi connectivity index (χ4n) is 2.56. The Kier molecular flexibility index (Phi) is 8.16. The average molecular weight is 323 g/mol. The summed E-state index contributed by atoms with van der Waals surface area (Å²) in [7, 11) is 0. The van der Waals surface area contributed by atoms with Gasteiger partial charge in [0.15, 0.2) is 0 Å². The van der Waals surface area contributed by atoms with Crippen molar-refractivity contribution in [3.63, 3.8) is 0 Å². The molecule has 0 aliphatic carbocycles. The average Bonchev–Trinajstić information content (AvgIpc) is 2.99. The number of nitrogens with one attached hydrogen (secondary N) is 2. The Bertz CT molecular complexity index is 416. The topological polar surface area (TPSA) is 59.0 Å². The smallest absolute Gasteiger partial charge is 0.240 e. The van der Waals surface area contributed by atoms with Crippen molar-refractivity contribution in [3.05, 3.63) is 18.2 Å². The summed E-state index contributed by atoms with van der Waals surface area (Å²) in [5, 5.41) is 6.38. The van der Waals surface area contributed by atoms with E-state index in [4.69, 9.17) is 0 Å². The van der Waals surface area contributed by atoms with Gasteiger partial charge in [0.1, 0.15) is 5.82 Å². The fourth-order valence-corrected chi connectivity index (χ4v) is 2.56. The van der Waals surface area contributed by atoms with Gasteiger partial charge in [0, 0.05) is 25.5 Å². The summed E-state index contributed by atoms with van der Waals surface area (Å²) in [5.74, 6) is 1.12. The first-order valence-corrected chi connectivity index (χ1v) is 6.69. The van der Waals surface area contributed by atoms with Gasteiger partial charge in [-0.2, -0.15) is 0 Å². The molecular formula is C13H24Cl2N4O. The quantitative estimate of drug-likeness (QED) is 0.867. The van der Waals surface area contributed by atoms with Crippen LogP contribution in [0.5, 0.6) is 0 Å². The summed E-state index contributed by atoms with van der Waals surface area (Å²) in [6.45, 7) is 6.41. The first-order chi connectivity index (χ1) is 8.68. The fraction of sp³-hybridized carbons (Fsp3) is 0.692. The van der Waals surface area contributed by atoms with Gasteiger partial charge < -0.3 is 15.2 Å². The highest BCUT2D eigenvalue weighted by atomic mass is 35.5. The van der Waals surface area contributed by atoms with E-state index in [9.17, 15) is 4.79 Å². The molecule has 116 valence electrons. The molecule has 0 radical (unpaired) electrons. The third kappa shape index (κ3) is 4.11. The Labute approximate surface area is 132 Å². The maximum absolute atomic E-state index is 12.2. The highest BCUT2D eigenvalue weighted by molar-refractivity contribution is 5.86. The molecule has 0 bridgehead atoms. The first kappa shape index (κ1) is 19.2. The second-order valence-corrected chi connectivity index (χ2v) is 4.89. The van der Waals surface area contributed by atoms with Crippen molar-refractivity contribution in [1.29, 1.82) is 0 Å². The molecule has 2 rings (SSSR count). The van der Waals surface area contributed by atoms with Crippen molar-refractivity contribution >= 4 is 30.7 Å². The van der Waals surface area contributed by atoms with Crippen LogP contribution in [0.4, 0.5) is 0 Å². The maximum Gasteiger partial charge on any atom is 0.240 e. The van der Waals surface area contributed by atoms with Crippen molar-refractivity contribution in [1.82, 2.24) is 20.2 Å². The molecule has 1 unspecified atom stereocenters. The van der Waals surface area contributed by atoms with Crippen LogP contribution in [0, 0.1) is 6.92 Å². The molecule has 7 heteroatoms. The summed E-state index contributed by atoms with van der Waals surface area (Å²) < 4.78 is 2.04. The van der Waals surface area contributed by atoms with Crippen LogP contribution in [0.25, 0.3) is 0 Å². The molecule has 1 atom stereocenters. The Balaban J connectivity index is 0.00000180. The third-order valence-electron chi connectivity index (χ3n) is 3.84. The van der Waals surface area contributed by atoms with Crippen LogP contribution < -0.4 is 10.6 Å². The zero-order valence-electron chi connectivity index (χ0n) is 12.0. The molecule has 1 fully saturated rings. The van der Waals surface area contributed by atoms with Gasteiger partial charge in [-0.25, -0.2) is 4.98 Å². The van der Waals surface area contributed by atoms with E-state index in [1.54, 1.807) is 6.20 Å². The molecule has 0 spiro atoms. The number of nitrogens with zero attached hydrogens (tertiary/aromatic N) is 2. The molecule has 20 heavy (non-hydrogen) atoms. The normalized spacial score (nSPS) is 20.9. The van der Waals surface area contributed by atoms with Crippen LogP contribution in [0.1, 0.15) is 32.0 Å². The summed E-state index contributed by atoms with van der Waals surface area (Å²) in [5.41, 5.74) is -0.329. The van der Waals surface area contributed by atoms with Gasteiger partial charge in [-0.05, 0) is 32.7 Å². The van der Waals surface area contributed by atoms with Crippen molar-refractivity contribution < 1.29 is 4.79 Å². The number of carbonyl (C=O) groups excluding carboxylic acids is 1. The number of carbonyl (C=O) groups is 1. The lowest BCUT2D eigenvalue weighted by atomic mass is 9.93. The highest BCUT2D eigenvalue weighted by Gasteiger charge is 2.38. The number of halogens is 2. The molecule has 1 aromatic rings. The number of aromatic nitrogens is 2. The minimum absolute atomic E-state index is 0. The standard InChI is InChI=1S/C13H22N4O.2ClH/c1-3-13(5-4-6-16-13)12(18)15-8-10-17-9-7-14-11(17)2;;/h7,9,16H,3-6,8,10H2,1-2H3,(H,15,18);2*1H. The van der Waals surface area contributed by atoms with E-state index < -0.39 is 0 Å². The predicted octanol–water partition coefficient (Wildman–Crippen LogP) is 1.68. The van der Waals surface area contributed by atoms with Gasteiger partial charge in [-0.15, -0.1) is 24.8 Å². The molecular weight excluding hydrogens is 299 g/mol. The molecule has 1 amide bonds. The third-order valence-corrected chi connectivity index (χ3v) is 3.84. The van der Waals surface area contributed by atoms with E-state index in [1.165, 1.54) is 0 Å². The summed E-state index contributed by atoms with van der Waals surface area (Å²) in [6, 6.07) is 0. The SMILES string of the molecule is CCC1(C(=O)NCCn2ccnc2C)CCCN1.Cl.Cl. The zero-order valence-corrected chi connectivity index (χ0v) is 13.6. The Morgan fingerprint density at radius 1 is 1.55 bits per heavy atom. The van der Waals surface area contributed by atoms with Gasteiger partial charge in [-0.1, -0.05) is 6.92 Å². The number of imidazole rings is 1. The molecule has 0 saturated carbocycles. The lowest BCUT2D eigenvalue weighted by Crippen LogP contribution is -2.53. The molecule has 5 nitrogen and oxygen atoms in total. The van der Waals surface area contributed by atoms with Crippen molar-refractivity contribution in [2.24, 2.45) is 0 Å². The van der Waals surface area contributed by atoms with Gasteiger partial charge in [-0.3, -0.25) is 4.79 Å². The van der Waals surface area contributed by atoms with Crippen molar-refractivity contribution in [2.45, 2.75) is 45.2 Å². The van der Waals surface area contributed by atoms with Crippen molar-refractivity contribution in [2.75, 3.05) is 13.1 Å². The number of hydrogen-bond donors (Lipinski definition) is 2. The van der Waals surface area contributed by atoms with Crippen LogP contribution in [-0.2, 0) is 11.3 Å². The first-order valence-electron chi connectivity index (χ1n) is 6.69. The number of rotatable bonds is 5. The monoisotopic (exact) mass is 322 g/mol. The minimum Gasteiger partial charge on any atom is -0.353 e. The maximum atomic E-state index is 12.2. The highest BCUT2D eigenvalue weighted by Crippen LogP contribution is 2.22. The Morgan fingerprint density at radius 2 is 2.30 bits per heavy atom. The van der Waals surface area contributed by atoms with E-state index in [1.807, 2.05) is 17.7 Å². The van der Waals surface area contributed by atoms with Crippen molar-refractivity contribution in [3.8, 4) is 0 Å². The number of hydrogen-bond acceptors (Lipinski definition) is 3. The van der Waals surface area contributed by atoms with Crippen LogP contribution in [0.15, 0.2) is 12.4 Å². The van der Waals surface area contributed by atoms with Crippen LogP contribution in [-0.4, -0.2) is 34.1 Å². The molecule has 1 aromatic heterocycles. The molecule has 0 aromatic carbocycles. The second kappa shape index (κ2) is 8.49. The van der Waals surface area contributed by atoms with Gasteiger partial charge >= 0.3 is 0 Å². The van der Waals surface area contributed by atoms with Crippen LogP contribution >= 0.6 is 24.8 Å². The molecule has 1 saturated heterocycles. The zero-order chi connectivity index (χ0) is 13.0. The van der Waals surface area contributed by atoms with Crippen LogP contribution in [0.2, 0.25) is 0 Å². The van der Waals surface area contributed by atoms with Gasteiger partial charge in [0.05, 0.1) is 5.54 Å². The molecule has 2 heterocycles. The second-order valence-electron chi connectivity index (χ2n) is 4.89. The Morgan fingerprint density at radius 3 is 2.80 bits per heavy atom. The van der Waals surface area contributed by atoms with E-state index in [0.29, 0.717) is 6.54 Å². The summed E-state index contributed by atoms with van der Waals surface area (Å²) >= 11 is 0. The number of aryl methyl sites for hydroxylation is 1. The lowest BCUT2D eigenvalue weighted by molar-refractivity contribution is -0.127. The van der Waals surface area contributed by atoms with Crippen LogP contribution in [0.3, 0.4) is 0 Å².